The van der Waals surface area contributed by atoms with E-state index in [1.54, 1.807) is 0 Å². The molecule has 60 valence electrons. The van der Waals surface area contributed by atoms with E-state index < -0.39 is 6.16 Å². The SMILES string of the molecule is O.O=C(O)O.[Co].[LiH].[Mn].[Ni]. The van der Waals surface area contributed by atoms with Gasteiger partial charge >= 0.3 is 25.0 Å². The molecule has 0 aromatic heterocycles. The molecule has 0 aliphatic rings. The maximum Gasteiger partial charge on any atom is 0 e. The molecule has 0 unspecified atom stereocenters. The van der Waals surface area contributed by atoms with Gasteiger partial charge in [-0.25, -0.2) is 4.79 Å². The number of carbonyl (C=O) groups is 1. The van der Waals surface area contributed by atoms with Gasteiger partial charge in [-0.05, 0) is 0 Å². The fraction of sp³-hybridized carbons (Fsp3) is 0. The van der Waals surface area contributed by atoms with Gasteiger partial charge in [0.2, 0.25) is 0 Å². The Kier molecular flexibility index (Phi) is 183. The molecule has 4 N–H and O–H groups in total. The predicted molar refractivity (Wildman–Crippen MR) is 21.4 cm³/mol. The van der Waals surface area contributed by atoms with Crippen molar-refractivity contribution in [3.8, 4) is 0 Å². The minimum absolute atomic E-state index is 0. The molecule has 0 atom stereocenters. The van der Waals surface area contributed by atoms with Crippen LogP contribution < -0.4 is 0 Å². The van der Waals surface area contributed by atoms with Gasteiger partial charge in [-0.2, -0.15) is 0 Å². The van der Waals surface area contributed by atoms with Crippen LogP contribution in [-0.4, -0.2) is 40.7 Å². The van der Waals surface area contributed by atoms with Crippen molar-refractivity contribution in [2.45, 2.75) is 0 Å². The minimum Gasteiger partial charge on any atom is 0 e. The van der Waals surface area contributed by atoms with Gasteiger partial charge < -0.3 is 15.7 Å². The summed E-state index contributed by atoms with van der Waals surface area (Å²) in [6, 6.07) is 0. The molecule has 0 fully saturated rings. The van der Waals surface area contributed by atoms with Crippen LogP contribution in [0.1, 0.15) is 0 Å². The third kappa shape index (κ3) is 278. The Bertz CT molecular complexity index is 43.5. The number of carboxylic acid groups (broad SMARTS) is 2. The molecule has 0 saturated carbocycles. The first kappa shape index (κ1) is 47.8. The molecule has 0 aliphatic heterocycles. The van der Waals surface area contributed by atoms with Crippen LogP contribution in [0.4, 0.5) is 4.79 Å². The molecular formula is CH5CoLiMnNiO4. The molecular weight excluding hydrogens is 256 g/mol. The van der Waals surface area contributed by atoms with Crippen LogP contribution in [0, 0.1) is 0 Å². The van der Waals surface area contributed by atoms with Crippen molar-refractivity contribution in [1.82, 2.24) is 0 Å². The molecule has 4 nitrogen and oxygen atoms in total. The average molecular weight is 261 g/mol. The Morgan fingerprint density at radius 3 is 1.22 bits per heavy atom. The zero-order valence-electron chi connectivity index (χ0n) is 3.33. The smallest absolute Gasteiger partial charge is 0 e. The Morgan fingerprint density at radius 1 is 1.22 bits per heavy atom. The first-order valence-corrected chi connectivity index (χ1v) is 0.651. The Balaban J connectivity index is -0.00000000450. The van der Waals surface area contributed by atoms with Gasteiger partial charge in [0, 0.05) is 50.3 Å². The van der Waals surface area contributed by atoms with Crippen molar-refractivity contribution in [3.05, 3.63) is 0 Å². The fourth-order valence-electron chi connectivity index (χ4n) is 0. The zero-order valence-corrected chi connectivity index (χ0v) is 6.54. The molecule has 0 bridgehead atoms. The van der Waals surface area contributed by atoms with Crippen molar-refractivity contribution in [2.75, 3.05) is 0 Å². The van der Waals surface area contributed by atoms with Crippen LogP contribution in [0.5, 0.6) is 0 Å². The number of hydrogen-bond donors (Lipinski definition) is 2. The van der Waals surface area contributed by atoms with Crippen molar-refractivity contribution in [2.24, 2.45) is 0 Å². The Hall–Kier alpha value is 1.35. The molecule has 8 heteroatoms. The molecule has 0 rings (SSSR count). The Labute approximate surface area is 95.2 Å². The second-order valence-corrected chi connectivity index (χ2v) is 0.283. The summed E-state index contributed by atoms with van der Waals surface area (Å²) in [5.41, 5.74) is 0. The largest absolute Gasteiger partial charge is 0 e. The molecule has 2 radical (unpaired) electrons. The summed E-state index contributed by atoms with van der Waals surface area (Å²) in [7, 11) is 0. The van der Waals surface area contributed by atoms with E-state index in [0.717, 1.165) is 0 Å². The van der Waals surface area contributed by atoms with E-state index in [9.17, 15) is 0 Å². The second-order valence-electron chi connectivity index (χ2n) is 0.283. The van der Waals surface area contributed by atoms with Gasteiger partial charge in [0.05, 0.1) is 0 Å². The quantitative estimate of drug-likeness (QED) is 0.533. The molecule has 0 amide bonds. The fourth-order valence-corrected chi connectivity index (χ4v) is 0. The van der Waals surface area contributed by atoms with Crippen LogP contribution in [0.3, 0.4) is 0 Å². The normalized spacial score (nSPS) is 2.67. The van der Waals surface area contributed by atoms with E-state index >= 15 is 0 Å². The first-order chi connectivity index (χ1) is 1.73. The molecule has 0 aliphatic carbocycles. The van der Waals surface area contributed by atoms with E-state index in [2.05, 4.69) is 0 Å². The van der Waals surface area contributed by atoms with Crippen molar-refractivity contribution in [1.29, 1.82) is 0 Å². The molecule has 0 heterocycles. The third-order valence-electron chi connectivity index (χ3n) is 0. The topological polar surface area (TPSA) is 89.0 Å². The van der Waals surface area contributed by atoms with Gasteiger partial charge in [0.1, 0.15) is 0 Å². The van der Waals surface area contributed by atoms with Crippen molar-refractivity contribution >= 4 is 25.0 Å². The number of rotatable bonds is 0. The van der Waals surface area contributed by atoms with Crippen molar-refractivity contribution in [3.63, 3.8) is 0 Å². The summed E-state index contributed by atoms with van der Waals surface area (Å²) in [5, 5.41) is 13.9. The summed E-state index contributed by atoms with van der Waals surface area (Å²) in [6.45, 7) is 0. The van der Waals surface area contributed by atoms with Crippen LogP contribution in [-0.2, 0) is 50.3 Å². The van der Waals surface area contributed by atoms with Crippen LogP contribution in [0.15, 0.2) is 0 Å². The van der Waals surface area contributed by atoms with E-state index in [-0.39, 0.29) is 74.7 Å². The number of hydrogen-bond acceptors (Lipinski definition) is 1. The summed E-state index contributed by atoms with van der Waals surface area (Å²) in [6.07, 6.45) is -1.83. The molecule has 0 saturated heterocycles. The van der Waals surface area contributed by atoms with Gasteiger partial charge in [-0.3, -0.25) is 0 Å². The van der Waals surface area contributed by atoms with E-state index in [0.29, 0.717) is 0 Å². The molecule has 0 spiro atoms. The monoisotopic (exact) mass is 260 g/mol. The third-order valence-corrected chi connectivity index (χ3v) is 0. The Morgan fingerprint density at radius 2 is 1.22 bits per heavy atom. The van der Waals surface area contributed by atoms with E-state index in [1.807, 2.05) is 0 Å². The maximum absolute atomic E-state index is 8.56. The second kappa shape index (κ2) is 34.5. The van der Waals surface area contributed by atoms with Crippen LogP contribution in [0.25, 0.3) is 0 Å². The predicted octanol–water partition coefficient (Wildman–Crippen LogP) is -1.26. The first-order valence-electron chi connectivity index (χ1n) is 0.651. The standard InChI is InChI=1S/CH2O3.Co.Li.Mn.Ni.H2O.H/c2-1(3)4;;;;;;/h(H2,2,3,4);;;;;1H2;. The van der Waals surface area contributed by atoms with Crippen LogP contribution >= 0.6 is 0 Å². The summed E-state index contributed by atoms with van der Waals surface area (Å²) >= 11 is 0. The summed E-state index contributed by atoms with van der Waals surface area (Å²) in [5.74, 6) is 0. The summed E-state index contributed by atoms with van der Waals surface area (Å²) in [4.78, 5) is 8.56. The van der Waals surface area contributed by atoms with Gasteiger partial charge in [-0.15, -0.1) is 0 Å². The molecule has 0 aromatic rings. The van der Waals surface area contributed by atoms with E-state index in [4.69, 9.17) is 15.0 Å². The van der Waals surface area contributed by atoms with Crippen LogP contribution in [0.2, 0.25) is 0 Å². The molecule has 0 aromatic carbocycles. The minimum atomic E-state index is -1.83. The maximum atomic E-state index is 8.56. The zero-order chi connectivity index (χ0) is 3.58. The van der Waals surface area contributed by atoms with Gasteiger partial charge in [0.15, 0.2) is 0 Å². The molecule has 9 heavy (non-hydrogen) atoms. The summed E-state index contributed by atoms with van der Waals surface area (Å²) < 4.78 is 0. The average Bonchev–Trinajstić information content (AvgIpc) is 0.811. The van der Waals surface area contributed by atoms with Gasteiger partial charge in [0.25, 0.3) is 0 Å². The van der Waals surface area contributed by atoms with Gasteiger partial charge in [-0.1, -0.05) is 0 Å². The van der Waals surface area contributed by atoms with Crippen molar-refractivity contribution < 1.29 is 70.8 Å². The van der Waals surface area contributed by atoms with E-state index in [1.165, 1.54) is 0 Å².